The first-order chi connectivity index (χ1) is 8.54. The van der Waals surface area contributed by atoms with Crippen molar-refractivity contribution in [1.82, 2.24) is 9.80 Å². The maximum absolute atomic E-state index is 12.5. The minimum Gasteiger partial charge on any atom is -0.302 e. The van der Waals surface area contributed by atoms with Crippen molar-refractivity contribution >= 4 is 11.8 Å². The monoisotopic (exact) mass is 250 g/mol. The molecule has 0 saturated carbocycles. The quantitative estimate of drug-likeness (QED) is 0.714. The molecule has 0 bridgehead atoms. The molecule has 0 radical (unpaired) electrons. The lowest BCUT2D eigenvalue weighted by molar-refractivity contribution is -0.146. The molecule has 0 saturated heterocycles. The second-order valence-corrected chi connectivity index (χ2v) is 5.45. The molecule has 1 unspecified atom stereocenters. The highest BCUT2D eigenvalue weighted by atomic mass is 16.2. The summed E-state index contributed by atoms with van der Waals surface area (Å²) >= 11 is 0. The van der Waals surface area contributed by atoms with Crippen LogP contribution in [0.1, 0.15) is 39.5 Å². The number of hydrogen-bond donors (Lipinski definition) is 0. The molecule has 0 aromatic heterocycles. The molecule has 0 fully saturated rings. The molecule has 0 aromatic rings. The topological polar surface area (TPSA) is 40.6 Å². The molecule has 0 aromatic carbocycles. The number of nitrogens with zero attached hydrogens (tertiary/aromatic N) is 2. The maximum atomic E-state index is 12.5. The number of carbonyl (C=O) groups is 2. The Morgan fingerprint density at radius 2 is 2.06 bits per heavy atom. The van der Waals surface area contributed by atoms with E-state index in [0.29, 0.717) is 13.0 Å². The SMILES string of the molecule is CCCC(C)N1C(=O)CC2=C(CN(C)CC2)C1=O. The highest BCUT2D eigenvalue weighted by molar-refractivity contribution is 6.09. The van der Waals surface area contributed by atoms with Crippen LogP contribution in [-0.2, 0) is 9.59 Å². The van der Waals surface area contributed by atoms with Crippen molar-refractivity contribution in [1.29, 1.82) is 0 Å². The van der Waals surface area contributed by atoms with E-state index in [1.807, 2.05) is 14.0 Å². The van der Waals surface area contributed by atoms with Crippen LogP contribution < -0.4 is 0 Å². The predicted molar refractivity (Wildman–Crippen MR) is 70.0 cm³/mol. The summed E-state index contributed by atoms with van der Waals surface area (Å²) in [4.78, 5) is 28.2. The van der Waals surface area contributed by atoms with Crippen LogP contribution in [0.25, 0.3) is 0 Å². The molecule has 2 aliphatic rings. The number of imide groups is 1. The largest absolute Gasteiger partial charge is 0.302 e. The number of rotatable bonds is 3. The second-order valence-electron chi connectivity index (χ2n) is 5.45. The smallest absolute Gasteiger partial charge is 0.257 e. The molecule has 18 heavy (non-hydrogen) atoms. The minimum absolute atomic E-state index is 0.00995. The van der Waals surface area contributed by atoms with E-state index in [-0.39, 0.29) is 17.9 Å². The van der Waals surface area contributed by atoms with Gasteiger partial charge in [-0.05, 0) is 32.4 Å². The molecule has 0 N–H and O–H groups in total. The summed E-state index contributed by atoms with van der Waals surface area (Å²) in [6.07, 6.45) is 3.18. The van der Waals surface area contributed by atoms with Crippen molar-refractivity contribution in [2.45, 2.75) is 45.6 Å². The van der Waals surface area contributed by atoms with Gasteiger partial charge in [-0.15, -0.1) is 0 Å². The zero-order valence-electron chi connectivity index (χ0n) is 11.5. The summed E-state index contributed by atoms with van der Waals surface area (Å²) in [5.41, 5.74) is 1.94. The van der Waals surface area contributed by atoms with Crippen LogP contribution >= 0.6 is 0 Å². The van der Waals surface area contributed by atoms with Gasteiger partial charge in [-0.2, -0.15) is 0 Å². The predicted octanol–water partition coefficient (Wildman–Crippen LogP) is 1.57. The van der Waals surface area contributed by atoms with Gasteiger partial charge in [0.2, 0.25) is 5.91 Å². The van der Waals surface area contributed by atoms with Crippen LogP contribution in [0.5, 0.6) is 0 Å². The molecular formula is C14H22N2O2. The summed E-state index contributed by atoms with van der Waals surface area (Å²) in [6, 6.07) is 0.0243. The average molecular weight is 250 g/mol. The standard InChI is InChI=1S/C14H22N2O2/c1-4-5-10(2)16-13(17)8-11-6-7-15(3)9-12(11)14(16)18/h10H,4-9H2,1-3H3. The first-order valence-corrected chi connectivity index (χ1v) is 6.80. The average Bonchev–Trinajstić information content (AvgIpc) is 2.31. The highest BCUT2D eigenvalue weighted by Gasteiger charge is 2.37. The van der Waals surface area contributed by atoms with Gasteiger partial charge in [0.25, 0.3) is 5.91 Å². The van der Waals surface area contributed by atoms with Crippen molar-refractivity contribution in [3.63, 3.8) is 0 Å². The molecular weight excluding hydrogens is 228 g/mol. The van der Waals surface area contributed by atoms with Gasteiger partial charge in [-0.25, -0.2) is 0 Å². The van der Waals surface area contributed by atoms with E-state index in [2.05, 4.69) is 11.8 Å². The fraction of sp³-hybridized carbons (Fsp3) is 0.714. The second kappa shape index (κ2) is 5.22. The molecule has 0 spiro atoms. The lowest BCUT2D eigenvalue weighted by atomic mass is 9.91. The van der Waals surface area contributed by atoms with Crippen molar-refractivity contribution < 1.29 is 9.59 Å². The minimum atomic E-state index is -0.0475. The van der Waals surface area contributed by atoms with Crippen LogP contribution in [-0.4, -0.2) is 47.8 Å². The van der Waals surface area contributed by atoms with Gasteiger partial charge >= 0.3 is 0 Å². The molecule has 4 nitrogen and oxygen atoms in total. The Bertz CT molecular complexity index is 401. The number of carbonyl (C=O) groups excluding carboxylic acids is 2. The van der Waals surface area contributed by atoms with Crippen molar-refractivity contribution in [2.75, 3.05) is 20.1 Å². The third kappa shape index (κ3) is 2.34. The Morgan fingerprint density at radius 3 is 2.72 bits per heavy atom. The maximum Gasteiger partial charge on any atom is 0.257 e. The van der Waals surface area contributed by atoms with Gasteiger partial charge in [0.1, 0.15) is 0 Å². The first-order valence-electron chi connectivity index (χ1n) is 6.80. The zero-order valence-corrected chi connectivity index (χ0v) is 11.5. The van der Waals surface area contributed by atoms with Crippen LogP contribution in [0.15, 0.2) is 11.1 Å². The Hall–Kier alpha value is -1.16. The van der Waals surface area contributed by atoms with Gasteiger partial charge in [-0.3, -0.25) is 14.5 Å². The van der Waals surface area contributed by atoms with Crippen molar-refractivity contribution in [2.24, 2.45) is 0 Å². The van der Waals surface area contributed by atoms with Crippen LogP contribution in [0.4, 0.5) is 0 Å². The van der Waals surface area contributed by atoms with Crippen molar-refractivity contribution in [3.05, 3.63) is 11.1 Å². The molecule has 100 valence electrons. The normalized spacial score (nSPS) is 23.4. The number of amides is 2. The molecule has 4 heteroatoms. The summed E-state index contributed by atoms with van der Waals surface area (Å²) < 4.78 is 0. The first kappa shape index (κ1) is 13.3. The van der Waals surface area contributed by atoms with Gasteiger partial charge in [-0.1, -0.05) is 13.3 Å². The van der Waals surface area contributed by atoms with E-state index in [4.69, 9.17) is 0 Å². The molecule has 1 atom stereocenters. The van der Waals surface area contributed by atoms with E-state index >= 15 is 0 Å². The van der Waals surface area contributed by atoms with Crippen LogP contribution in [0, 0.1) is 0 Å². The van der Waals surface area contributed by atoms with E-state index in [9.17, 15) is 9.59 Å². The van der Waals surface area contributed by atoms with E-state index in [1.165, 1.54) is 4.90 Å². The molecule has 2 amide bonds. The Labute approximate surface area is 109 Å². The fourth-order valence-corrected chi connectivity index (χ4v) is 2.87. The fourth-order valence-electron chi connectivity index (χ4n) is 2.87. The molecule has 2 heterocycles. The van der Waals surface area contributed by atoms with Gasteiger partial charge in [0.05, 0.1) is 0 Å². The zero-order chi connectivity index (χ0) is 13.3. The van der Waals surface area contributed by atoms with E-state index in [1.54, 1.807) is 0 Å². The van der Waals surface area contributed by atoms with Gasteiger partial charge in [0.15, 0.2) is 0 Å². The van der Waals surface area contributed by atoms with E-state index in [0.717, 1.165) is 37.0 Å². The third-order valence-electron chi connectivity index (χ3n) is 3.91. The van der Waals surface area contributed by atoms with Gasteiger partial charge in [0, 0.05) is 31.1 Å². The lowest BCUT2D eigenvalue weighted by Crippen LogP contribution is -2.50. The summed E-state index contributed by atoms with van der Waals surface area (Å²) in [5.74, 6) is -0.0574. The summed E-state index contributed by atoms with van der Waals surface area (Å²) in [7, 11) is 2.02. The lowest BCUT2D eigenvalue weighted by Gasteiger charge is -2.37. The number of hydrogen-bond acceptors (Lipinski definition) is 3. The summed E-state index contributed by atoms with van der Waals surface area (Å²) in [6.45, 7) is 5.69. The van der Waals surface area contributed by atoms with Gasteiger partial charge < -0.3 is 4.90 Å². The third-order valence-corrected chi connectivity index (χ3v) is 3.91. The van der Waals surface area contributed by atoms with Crippen LogP contribution in [0.2, 0.25) is 0 Å². The Kier molecular flexibility index (Phi) is 3.85. The Morgan fingerprint density at radius 1 is 1.33 bits per heavy atom. The van der Waals surface area contributed by atoms with Crippen molar-refractivity contribution in [3.8, 4) is 0 Å². The molecule has 2 rings (SSSR count). The number of likely N-dealkylation sites (N-methyl/N-ethyl adjacent to an activating group) is 1. The van der Waals surface area contributed by atoms with Crippen LogP contribution in [0.3, 0.4) is 0 Å². The molecule has 2 aliphatic heterocycles. The summed E-state index contributed by atoms with van der Waals surface area (Å²) in [5, 5.41) is 0. The Balaban J connectivity index is 2.24. The molecule has 0 aliphatic carbocycles. The van der Waals surface area contributed by atoms with E-state index < -0.39 is 0 Å². The highest BCUT2D eigenvalue weighted by Crippen LogP contribution is 2.29.